The van der Waals surface area contributed by atoms with Crippen molar-refractivity contribution in [3.8, 4) is 0 Å². The van der Waals surface area contributed by atoms with Crippen molar-refractivity contribution in [1.29, 1.82) is 0 Å². The molecule has 1 unspecified atom stereocenters. The van der Waals surface area contributed by atoms with Crippen molar-refractivity contribution in [3.05, 3.63) is 20.3 Å². The summed E-state index contributed by atoms with van der Waals surface area (Å²) in [7, 11) is 0. The Bertz CT molecular complexity index is 433. The molecule has 1 atom stereocenters. The summed E-state index contributed by atoms with van der Waals surface area (Å²) in [4.78, 5) is 11.7. The quantitative estimate of drug-likeness (QED) is 0.342. The first-order valence-corrected chi connectivity index (χ1v) is 5.76. The van der Waals surface area contributed by atoms with Crippen LogP contribution in [0, 0.1) is 0 Å². The second-order valence-corrected chi connectivity index (χ2v) is 5.24. The molecule has 1 rings (SSSR count). The number of amidine groups is 1. The number of oxime groups is 1. The van der Waals surface area contributed by atoms with E-state index in [1.54, 1.807) is 6.92 Å². The number of rotatable bonds is 3. The minimum Gasteiger partial charge on any atom is -0.409 e. The lowest BCUT2D eigenvalue weighted by Crippen LogP contribution is -2.42. The lowest BCUT2D eigenvalue weighted by atomic mass is 10.2. The van der Waals surface area contributed by atoms with Gasteiger partial charge in [0.2, 0.25) is 0 Å². The van der Waals surface area contributed by atoms with Gasteiger partial charge in [-0.2, -0.15) is 0 Å². The van der Waals surface area contributed by atoms with Gasteiger partial charge in [-0.25, -0.2) is 0 Å². The molecule has 0 radical (unpaired) electrons. The van der Waals surface area contributed by atoms with Gasteiger partial charge in [0, 0.05) is 0 Å². The molecule has 0 aliphatic carbocycles. The predicted octanol–water partition coefficient (Wildman–Crippen LogP) is 1.92. The zero-order chi connectivity index (χ0) is 12.3. The molecule has 16 heavy (non-hydrogen) atoms. The summed E-state index contributed by atoms with van der Waals surface area (Å²) in [6.07, 6.45) is 0. The number of nitrogens with two attached hydrogens (primary N) is 1. The summed E-state index contributed by atoms with van der Waals surface area (Å²) in [6, 6.07) is 0.871. The number of carbonyl (C=O) groups is 1. The fourth-order valence-electron chi connectivity index (χ4n) is 0.930. The Kier molecular flexibility index (Phi) is 4.40. The second-order valence-electron chi connectivity index (χ2n) is 2.96. The molecule has 0 saturated heterocycles. The molecule has 8 heteroatoms. The van der Waals surface area contributed by atoms with E-state index in [0.717, 1.165) is 11.3 Å². The van der Waals surface area contributed by atoms with Gasteiger partial charge < -0.3 is 16.3 Å². The van der Waals surface area contributed by atoms with Crippen LogP contribution >= 0.6 is 34.5 Å². The van der Waals surface area contributed by atoms with E-state index in [2.05, 4.69) is 10.5 Å². The topological polar surface area (TPSA) is 87.7 Å². The molecular formula is C8H9Cl2N3O2S. The molecule has 0 aliphatic rings. The minimum atomic E-state index is -0.591. The molecule has 0 aromatic carbocycles. The maximum atomic E-state index is 11.7. The Morgan fingerprint density at radius 3 is 2.75 bits per heavy atom. The maximum Gasteiger partial charge on any atom is 0.254 e. The van der Waals surface area contributed by atoms with E-state index in [4.69, 9.17) is 34.1 Å². The maximum absolute atomic E-state index is 11.7. The first-order valence-electron chi connectivity index (χ1n) is 4.18. The van der Waals surface area contributed by atoms with Crippen LogP contribution in [0.5, 0.6) is 0 Å². The smallest absolute Gasteiger partial charge is 0.254 e. The van der Waals surface area contributed by atoms with Gasteiger partial charge in [0.05, 0.1) is 15.9 Å². The Morgan fingerprint density at radius 2 is 2.31 bits per heavy atom. The standard InChI is InChI=1S/C8H9Cl2N3O2S/c1-3(7(11)13-15)12-8(14)4-2-5(9)16-6(4)10/h2-3,15H,1H3,(H2,11,13)(H,12,14). The highest BCUT2D eigenvalue weighted by atomic mass is 35.5. The Morgan fingerprint density at radius 1 is 1.69 bits per heavy atom. The third-order valence-electron chi connectivity index (χ3n) is 1.81. The zero-order valence-electron chi connectivity index (χ0n) is 8.20. The van der Waals surface area contributed by atoms with Crippen LogP contribution in [0.2, 0.25) is 8.67 Å². The molecule has 1 amide bonds. The van der Waals surface area contributed by atoms with E-state index in [1.165, 1.54) is 6.07 Å². The molecule has 0 saturated carbocycles. The molecule has 1 aromatic rings. The van der Waals surface area contributed by atoms with E-state index in [1.807, 2.05) is 0 Å². The summed E-state index contributed by atoms with van der Waals surface area (Å²) in [5.41, 5.74) is 5.59. The van der Waals surface area contributed by atoms with Gasteiger partial charge in [0.25, 0.3) is 5.91 Å². The normalized spacial score (nSPS) is 13.6. The first-order chi connectivity index (χ1) is 7.45. The van der Waals surface area contributed by atoms with Crippen LogP contribution < -0.4 is 11.1 Å². The molecule has 0 aliphatic heterocycles. The first kappa shape index (κ1) is 13.1. The molecule has 88 valence electrons. The third-order valence-corrected chi connectivity index (χ3v) is 3.30. The number of carbonyl (C=O) groups excluding carboxylic acids is 1. The van der Waals surface area contributed by atoms with E-state index >= 15 is 0 Å². The summed E-state index contributed by atoms with van der Waals surface area (Å²) in [5.74, 6) is -0.516. The van der Waals surface area contributed by atoms with Crippen LogP contribution in [0.1, 0.15) is 17.3 Å². The molecule has 5 nitrogen and oxygen atoms in total. The number of hydrogen-bond acceptors (Lipinski definition) is 4. The van der Waals surface area contributed by atoms with Crippen molar-refractivity contribution in [2.24, 2.45) is 10.9 Å². The fraction of sp³-hybridized carbons (Fsp3) is 0.250. The summed E-state index contributed by atoms with van der Waals surface area (Å²) < 4.78 is 0.723. The number of amides is 1. The largest absolute Gasteiger partial charge is 0.409 e. The minimum absolute atomic E-state index is 0.0919. The second kappa shape index (κ2) is 5.38. The highest BCUT2D eigenvalue weighted by Crippen LogP contribution is 2.30. The summed E-state index contributed by atoms with van der Waals surface area (Å²) in [5, 5.41) is 13.7. The van der Waals surface area contributed by atoms with Crippen molar-refractivity contribution >= 4 is 46.3 Å². The molecule has 1 aromatic heterocycles. The van der Waals surface area contributed by atoms with Gasteiger partial charge in [-0.1, -0.05) is 28.4 Å². The van der Waals surface area contributed by atoms with Crippen molar-refractivity contribution in [3.63, 3.8) is 0 Å². The average Bonchev–Trinajstić information content (AvgIpc) is 2.56. The average molecular weight is 282 g/mol. The zero-order valence-corrected chi connectivity index (χ0v) is 10.5. The Labute approximate surface area is 106 Å². The molecular weight excluding hydrogens is 273 g/mol. The van der Waals surface area contributed by atoms with E-state index in [0.29, 0.717) is 8.67 Å². The third kappa shape index (κ3) is 3.01. The van der Waals surface area contributed by atoms with Gasteiger partial charge in [-0.05, 0) is 13.0 Å². The van der Waals surface area contributed by atoms with Gasteiger partial charge in [-0.15, -0.1) is 11.3 Å². The number of nitrogens with one attached hydrogen (secondary N) is 1. The van der Waals surface area contributed by atoms with Gasteiger partial charge in [0.1, 0.15) is 4.34 Å². The van der Waals surface area contributed by atoms with Crippen LogP contribution in [0.3, 0.4) is 0 Å². The molecule has 0 bridgehead atoms. The lowest BCUT2D eigenvalue weighted by Gasteiger charge is -2.11. The Hall–Kier alpha value is -0.980. The van der Waals surface area contributed by atoms with E-state index in [9.17, 15) is 4.79 Å². The molecule has 0 fully saturated rings. The summed E-state index contributed by atoms with van der Waals surface area (Å²) >= 11 is 12.6. The van der Waals surface area contributed by atoms with Gasteiger partial charge in [0.15, 0.2) is 5.84 Å². The van der Waals surface area contributed by atoms with Crippen molar-refractivity contribution in [2.75, 3.05) is 0 Å². The van der Waals surface area contributed by atoms with Gasteiger partial charge in [-0.3, -0.25) is 4.79 Å². The molecule has 4 N–H and O–H groups in total. The van der Waals surface area contributed by atoms with Crippen LogP contribution in [-0.4, -0.2) is 23.0 Å². The highest BCUT2D eigenvalue weighted by molar-refractivity contribution is 7.20. The number of nitrogens with zero attached hydrogens (tertiary/aromatic N) is 1. The van der Waals surface area contributed by atoms with Crippen LogP contribution in [0.15, 0.2) is 11.2 Å². The van der Waals surface area contributed by atoms with Crippen LogP contribution in [-0.2, 0) is 0 Å². The van der Waals surface area contributed by atoms with Crippen molar-refractivity contribution < 1.29 is 10.0 Å². The highest BCUT2D eigenvalue weighted by Gasteiger charge is 2.17. The lowest BCUT2D eigenvalue weighted by molar-refractivity contribution is 0.0949. The Balaban J connectivity index is 2.77. The predicted molar refractivity (Wildman–Crippen MR) is 64.7 cm³/mol. The number of halogens is 2. The van der Waals surface area contributed by atoms with Crippen molar-refractivity contribution in [2.45, 2.75) is 13.0 Å². The molecule has 1 heterocycles. The number of hydrogen-bond donors (Lipinski definition) is 3. The summed E-state index contributed by atoms with van der Waals surface area (Å²) in [6.45, 7) is 1.58. The molecule has 0 spiro atoms. The number of thiophene rings is 1. The SMILES string of the molecule is CC(NC(=O)c1cc(Cl)sc1Cl)/C(N)=N/O. The van der Waals surface area contributed by atoms with E-state index in [-0.39, 0.29) is 11.4 Å². The van der Waals surface area contributed by atoms with Crippen LogP contribution in [0.4, 0.5) is 0 Å². The fourth-order valence-corrected chi connectivity index (χ4v) is 2.39. The van der Waals surface area contributed by atoms with E-state index < -0.39 is 11.9 Å². The monoisotopic (exact) mass is 281 g/mol. The van der Waals surface area contributed by atoms with Crippen LogP contribution in [0.25, 0.3) is 0 Å². The van der Waals surface area contributed by atoms with Gasteiger partial charge >= 0.3 is 0 Å². The van der Waals surface area contributed by atoms with Crippen molar-refractivity contribution in [1.82, 2.24) is 5.32 Å².